The summed E-state index contributed by atoms with van der Waals surface area (Å²) in [6, 6.07) is 6.92. The fourth-order valence-corrected chi connectivity index (χ4v) is 3.69. The highest BCUT2D eigenvalue weighted by Crippen LogP contribution is 2.28. The quantitative estimate of drug-likeness (QED) is 0.711. The minimum atomic E-state index is -0.456. The summed E-state index contributed by atoms with van der Waals surface area (Å²) < 4.78 is 13.4. The Morgan fingerprint density at radius 2 is 1.96 bits per heavy atom. The van der Waals surface area contributed by atoms with Crippen LogP contribution in [-0.4, -0.2) is 53.1 Å². The van der Waals surface area contributed by atoms with Crippen molar-refractivity contribution in [2.24, 2.45) is 0 Å². The molecule has 0 aliphatic carbocycles. The Morgan fingerprint density at radius 1 is 1.18 bits per heavy atom. The molecule has 1 N–H and O–H groups in total. The molecule has 0 unspecified atom stereocenters. The molecule has 0 spiro atoms. The lowest BCUT2D eigenvalue weighted by Crippen LogP contribution is -2.42. The van der Waals surface area contributed by atoms with Gasteiger partial charge in [-0.05, 0) is 51.2 Å². The third-order valence-corrected chi connectivity index (χ3v) is 5.58. The average Bonchev–Trinajstić information content (AvgIpc) is 2.70. The molecule has 1 aliphatic heterocycles. The first kappa shape index (κ1) is 18.8. The van der Waals surface area contributed by atoms with Gasteiger partial charge in [-0.1, -0.05) is 11.6 Å². The standard InChI is InChI=1S/C20H22ClFN6/c1-27-7-5-14(6-8-27)28(2)19-10-18-15(11-23-19)20(25-12-24-18)26-13-3-4-17(22)16(21)9-13/h3-4,9-12,14H,5-8H2,1-2H3,(H,24,25,26). The van der Waals surface area contributed by atoms with E-state index in [1.807, 2.05) is 6.07 Å². The molecule has 0 bridgehead atoms. The fraction of sp³-hybridized carbons (Fsp3) is 0.350. The highest BCUT2D eigenvalue weighted by molar-refractivity contribution is 6.31. The number of hydrogen-bond donors (Lipinski definition) is 1. The second-order valence-corrected chi connectivity index (χ2v) is 7.59. The largest absolute Gasteiger partial charge is 0.357 e. The Labute approximate surface area is 168 Å². The van der Waals surface area contributed by atoms with Gasteiger partial charge in [0, 0.05) is 31.0 Å². The number of halogens is 2. The van der Waals surface area contributed by atoms with Crippen molar-refractivity contribution in [2.45, 2.75) is 18.9 Å². The maximum atomic E-state index is 13.4. The van der Waals surface area contributed by atoms with E-state index in [0.717, 1.165) is 42.7 Å². The van der Waals surface area contributed by atoms with Crippen molar-refractivity contribution in [3.05, 3.63) is 47.6 Å². The summed E-state index contributed by atoms with van der Waals surface area (Å²) >= 11 is 5.87. The van der Waals surface area contributed by atoms with E-state index in [1.54, 1.807) is 12.3 Å². The number of hydrogen-bond acceptors (Lipinski definition) is 6. The van der Waals surface area contributed by atoms with Crippen LogP contribution in [0.25, 0.3) is 10.9 Å². The van der Waals surface area contributed by atoms with Crippen LogP contribution >= 0.6 is 11.6 Å². The molecule has 1 saturated heterocycles. The topological polar surface area (TPSA) is 57.2 Å². The minimum absolute atomic E-state index is 0.0588. The fourth-order valence-electron chi connectivity index (χ4n) is 3.51. The summed E-state index contributed by atoms with van der Waals surface area (Å²) in [4.78, 5) is 17.9. The molecule has 0 amide bonds. The van der Waals surface area contributed by atoms with E-state index in [4.69, 9.17) is 11.6 Å². The van der Waals surface area contributed by atoms with Gasteiger partial charge in [-0.2, -0.15) is 0 Å². The smallest absolute Gasteiger partial charge is 0.143 e. The molecule has 3 aromatic rings. The predicted octanol–water partition coefficient (Wildman–Crippen LogP) is 4.09. The summed E-state index contributed by atoms with van der Waals surface area (Å²) in [7, 11) is 4.25. The van der Waals surface area contributed by atoms with Gasteiger partial charge in [-0.3, -0.25) is 0 Å². The Bertz CT molecular complexity index is 990. The lowest BCUT2D eigenvalue weighted by molar-refractivity contribution is 0.252. The van der Waals surface area contributed by atoms with Crippen molar-refractivity contribution < 1.29 is 4.39 Å². The zero-order valence-corrected chi connectivity index (χ0v) is 16.6. The lowest BCUT2D eigenvalue weighted by atomic mass is 10.0. The lowest BCUT2D eigenvalue weighted by Gasteiger charge is -2.35. The molecule has 4 rings (SSSR count). The number of aromatic nitrogens is 3. The zero-order chi connectivity index (χ0) is 19.7. The second kappa shape index (κ2) is 7.85. The van der Waals surface area contributed by atoms with Crippen molar-refractivity contribution in [1.82, 2.24) is 19.9 Å². The number of likely N-dealkylation sites (tertiary alicyclic amines) is 1. The molecule has 1 aliphatic rings. The molecule has 0 saturated carbocycles. The van der Waals surface area contributed by atoms with Crippen LogP contribution in [0.15, 0.2) is 36.8 Å². The monoisotopic (exact) mass is 400 g/mol. The summed E-state index contributed by atoms with van der Waals surface area (Å²) in [6.07, 6.45) is 5.53. The molecule has 1 fully saturated rings. The van der Waals surface area contributed by atoms with Crippen molar-refractivity contribution in [1.29, 1.82) is 0 Å². The molecule has 3 heterocycles. The molecular weight excluding hydrogens is 379 g/mol. The van der Waals surface area contributed by atoms with Crippen LogP contribution in [0.2, 0.25) is 5.02 Å². The first-order valence-corrected chi connectivity index (χ1v) is 9.63. The van der Waals surface area contributed by atoms with Gasteiger partial charge in [-0.15, -0.1) is 0 Å². The van der Waals surface area contributed by atoms with E-state index < -0.39 is 5.82 Å². The molecule has 6 nitrogen and oxygen atoms in total. The first-order valence-electron chi connectivity index (χ1n) is 9.25. The van der Waals surface area contributed by atoms with Crippen molar-refractivity contribution >= 4 is 39.8 Å². The molecular formula is C20H22ClFN6. The van der Waals surface area contributed by atoms with Crippen molar-refractivity contribution in [2.75, 3.05) is 37.4 Å². The summed E-state index contributed by atoms with van der Waals surface area (Å²) in [5.74, 6) is 1.05. The van der Waals surface area contributed by atoms with Gasteiger partial charge in [0.05, 0.1) is 15.9 Å². The predicted molar refractivity (Wildman–Crippen MR) is 111 cm³/mol. The normalized spacial score (nSPS) is 15.7. The highest BCUT2D eigenvalue weighted by atomic mass is 35.5. The Hall–Kier alpha value is -2.51. The van der Waals surface area contributed by atoms with Crippen LogP contribution in [0.4, 0.5) is 21.7 Å². The number of nitrogens with one attached hydrogen (secondary N) is 1. The highest BCUT2D eigenvalue weighted by Gasteiger charge is 2.22. The van der Waals surface area contributed by atoms with Crippen LogP contribution in [0.1, 0.15) is 12.8 Å². The van der Waals surface area contributed by atoms with Crippen LogP contribution in [-0.2, 0) is 0 Å². The van der Waals surface area contributed by atoms with Gasteiger partial charge in [0.1, 0.15) is 23.8 Å². The maximum Gasteiger partial charge on any atom is 0.143 e. The number of nitrogens with zero attached hydrogens (tertiary/aromatic N) is 5. The summed E-state index contributed by atoms with van der Waals surface area (Å²) in [5.41, 5.74) is 1.45. The van der Waals surface area contributed by atoms with Crippen LogP contribution in [0.5, 0.6) is 0 Å². The summed E-state index contributed by atoms with van der Waals surface area (Å²) in [6.45, 7) is 2.19. The van der Waals surface area contributed by atoms with E-state index in [1.165, 1.54) is 18.5 Å². The molecule has 146 valence electrons. The van der Waals surface area contributed by atoms with Gasteiger partial charge in [0.15, 0.2) is 0 Å². The first-order chi connectivity index (χ1) is 13.5. The van der Waals surface area contributed by atoms with Crippen LogP contribution < -0.4 is 10.2 Å². The van der Waals surface area contributed by atoms with Crippen molar-refractivity contribution in [3.8, 4) is 0 Å². The van der Waals surface area contributed by atoms with E-state index in [-0.39, 0.29) is 5.02 Å². The Morgan fingerprint density at radius 3 is 2.71 bits per heavy atom. The van der Waals surface area contributed by atoms with Gasteiger partial charge < -0.3 is 15.1 Å². The van der Waals surface area contributed by atoms with Crippen LogP contribution in [0.3, 0.4) is 0 Å². The number of anilines is 3. The van der Waals surface area contributed by atoms with Gasteiger partial charge in [0.2, 0.25) is 0 Å². The number of rotatable bonds is 4. The third-order valence-electron chi connectivity index (χ3n) is 5.29. The van der Waals surface area contributed by atoms with Crippen LogP contribution in [0, 0.1) is 5.82 Å². The third kappa shape index (κ3) is 3.86. The van der Waals surface area contributed by atoms with Gasteiger partial charge in [-0.25, -0.2) is 19.3 Å². The minimum Gasteiger partial charge on any atom is -0.357 e. The number of piperidine rings is 1. The van der Waals surface area contributed by atoms with E-state index in [9.17, 15) is 4.39 Å². The Balaban J connectivity index is 1.59. The molecule has 28 heavy (non-hydrogen) atoms. The second-order valence-electron chi connectivity index (χ2n) is 7.18. The molecule has 8 heteroatoms. The van der Waals surface area contributed by atoms with Gasteiger partial charge in [0.25, 0.3) is 0 Å². The Kier molecular flexibility index (Phi) is 5.28. The number of fused-ring (bicyclic) bond motifs is 1. The van der Waals surface area contributed by atoms with E-state index in [0.29, 0.717) is 17.5 Å². The molecule has 0 radical (unpaired) electrons. The van der Waals surface area contributed by atoms with Crippen molar-refractivity contribution in [3.63, 3.8) is 0 Å². The zero-order valence-electron chi connectivity index (χ0n) is 15.9. The van der Waals surface area contributed by atoms with E-state index in [2.05, 4.69) is 44.2 Å². The molecule has 2 aromatic heterocycles. The maximum absolute atomic E-state index is 13.4. The SMILES string of the molecule is CN1CCC(N(C)c2cc3ncnc(Nc4ccc(F)c(Cl)c4)c3cn2)CC1. The molecule has 1 aromatic carbocycles. The van der Waals surface area contributed by atoms with E-state index >= 15 is 0 Å². The summed E-state index contributed by atoms with van der Waals surface area (Å²) in [5, 5.41) is 4.02. The number of benzene rings is 1. The van der Waals surface area contributed by atoms with Gasteiger partial charge >= 0.3 is 0 Å². The average molecular weight is 401 g/mol. The molecule has 0 atom stereocenters. The number of pyridine rings is 1.